The van der Waals surface area contributed by atoms with Crippen molar-refractivity contribution >= 4 is 22.6 Å². The van der Waals surface area contributed by atoms with Crippen molar-refractivity contribution in [1.29, 1.82) is 0 Å². The minimum atomic E-state index is -0.588. The molecule has 0 saturated heterocycles. The summed E-state index contributed by atoms with van der Waals surface area (Å²) in [6.07, 6.45) is 0.246. The second-order valence-electron chi connectivity index (χ2n) is 4.65. The van der Waals surface area contributed by atoms with Crippen LogP contribution in [0.15, 0.2) is 42.5 Å². The Kier molecular flexibility index (Phi) is 4.32. The number of hydrogen-bond donors (Lipinski definition) is 3. The predicted octanol–water partition coefficient (Wildman–Crippen LogP) is 0.160. The lowest BCUT2D eigenvalue weighted by Gasteiger charge is -2.12. The number of quaternary nitrogens is 1. The predicted molar refractivity (Wildman–Crippen MR) is 76.3 cm³/mol. The smallest absolute Gasteiger partial charge is 0.287 e. The summed E-state index contributed by atoms with van der Waals surface area (Å²) in [5.41, 5.74) is 3.21. The van der Waals surface area contributed by atoms with E-state index in [1.807, 2.05) is 42.5 Å². The summed E-state index contributed by atoms with van der Waals surface area (Å²) in [4.78, 5) is 23.3. The Labute approximate surface area is 117 Å². The molecule has 2 aromatic rings. The van der Waals surface area contributed by atoms with Crippen LogP contribution in [0.2, 0.25) is 0 Å². The Bertz CT molecular complexity index is 635. The molecule has 0 spiro atoms. The largest absolute Gasteiger partial charge is 0.344 e. The number of rotatable bonds is 4. The quantitative estimate of drug-likeness (QED) is 0.693. The highest BCUT2D eigenvalue weighted by atomic mass is 16.2. The van der Waals surface area contributed by atoms with Gasteiger partial charge in [-0.2, -0.15) is 0 Å². The summed E-state index contributed by atoms with van der Waals surface area (Å²) in [6.45, 7) is 1.63. The zero-order valence-electron chi connectivity index (χ0n) is 11.3. The van der Waals surface area contributed by atoms with E-state index < -0.39 is 6.04 Å². The molecule has 0 unspecified atom stereocenters. The van der Waals surface area contributed by atoms with Crippen molar-refractivity contribution in [3.8, 4) is 0 Å². The number of hydrogen-bond acceptors (Lipinski definition) is 2. The molecular formula is C15H18N3O2+. The Morgan fingerprint density at radius 3 is 2.60 bits per heavy atom. The third-order valence-corrected chi connectivity index (χ3v) is 3.18. The molecule has 0 aliphatic rings. The molecule has 0 aliphatic carbocycles. The standard InChI is InChI=1S/C15H17N3O2/c1-10(15(20)18-16)17-14(19)9-12-7-4-6-11-5-2-3-8-13(11)12/h2-8,10H,9,16H2,1H3,(H,17,19)(H,18,20)/p+1/t10-/m0/s1. The summed E-state index contributed by atoms with van der Waals surface area (Å²) < 4.78 is 0. The molecule has 0 aliphatic heterocycles. The van der Waals surface area contributed by atoms with Crippen LogP contribution in [0.4, 0.5) is 0 Å². The molecule has 0 bridgehead atoms. The third kappa shape index (κ3) is 3.13. The van der Waals surface area contributed by atoms with E-state index in [1.165, 1.54) is 0 Å². The SMILES string of the molecule is C[C@H](NC(=O)Cc1cccc2ccccc12)C(=O)N[NH3+]. The number of fused-ring (bicyclic) bond motifs is 1. The van der Waals surface area contributed by atoms with Gasteiger partial charge in [0.2, 0.25) is 5.91 Å². The maximum Gasteiger partial charge on any atom is 0.287 e. The molecule has 2 aromatic carbocycles. The number of nitrogens with one attached hydrogen (secondary N) is 2. The van der Waals surface area contributed by atoms with E-state index in [2.05, 4.69) is 16.6 Å². The van der Waals surface area contributed by atoms with Gasteiger partial charge in [-0.3, -0.25) is 15.4 Å². The van der Waals surface area contributed by atoms with Crippen LogP contribution in [-0.2, 0) is 16.0 Å². The zero-order chi connectivity index (χ0) is 14.5. The van der Waals surface area contributed by atoms with Gasteiger partial charge in [-0.05, 0) is 23.3 Å². The molecule has 5 nitrogen and oxygen atoms in total. The van der Waals surface area contributed by atoms with Gasteiger partial charge in [0.05, 0.1) is 6.42 Å². The highest BCUT2D eigenvalue weighted by Crippen LogP contribution is 2.18. The number of carbonyl (C=O) groups is 2. The van der Waals surface area contributed by atoms with Gasteiger partial charge < -0.3 is 5.32 Å². The molecule has 2 rings (SSSR count). The maximum atomic E-state index is 12.0. The van der Waals surface area contributed by atoms with Crippen LogP contribution in [0.3, 0.4) is 0 Å². The summed E-state index contributed by atoms with van der Waals surface area (Å²) in [7, 11) is 0. The van der Waals surface area contributed by atoms with Crippen molar-refractivity contribution in [3.05, 3.63) is 48.0 Å². The van der Waals surface area contributed by atoms with Gasteiger partial charge in [0.1, 0.15) is 6.04 Å². The molecule has 2 amide bonds. The summed E-state index contributed by atoms with van der Waals surface area (Å²) in [5.74, 6) is 2.80. The van der Waals surface area contributed by atoms with E-state index in [1.54, 1.807) is 6.92 Å². The van der Waals surface area contributed by atoms with Gasteiger partial charge in [-0.15, -0.1) is 0 Å². The first-order chi connectivity index (χ1) is 9.61. The minimum absolute atomic E-state index is 0.183. The second kappa shape index (κ2) is 6.16. The Morgan fingerprint density at radius 2 is 1.85 bits per heavy atom. The lowest BCUT2D eigenvalue weighted by atomic mass is 10.0. The first-order valence-electron chi connectivity index (χ1n) is 6.44. The van der Waals surface area contributed by atoms with Gasteiger partial charge in [0.25, 0.3) is 5.91 Å². The summed E-state index contributed by atoms with van der Waals surface area (Å²) in [5, 5.41) is 4.81. The Hall–Kier alpha value is -2.40. The Morgan fingerprint density at radius 1 is 1.15 bits per heavy atom. The van der Waals surface area contributed by atoms with E-state index in [0.717, 1.165) is 16.3 Å². The van der Waals surface area contributed by atoms with E-state index in [-0.39, 0.29) is 18.2 Å². The molecular weight excluding hydrogens is 254 g/mol. The van der Waals surface area contributed by atoms with Gasteiger partial charge >= 0.3 is 0 Å². The number of benzene rings is 2. The van der Waals surface area contributed by atoms with Crippen molar-refractivity contribution in [2.24, 2.45) is 0 Å². The molecule has 1 atom stereocenters. The number of amides is 2. The lowest BCUT2D eigenvalue weighted by molar-refractivity contribution is -0.427. The fourth-order valence-corrected chi connectivity index (χ4v) is 2.13. The topological polar surface area (TPSA) is 85.8 Å². The van der Waals surface area contributed by atoms with Crippen LogP contribution in [0.5, 0.6) is 0 Å². The summed E-state index contributed by atoms with van der Waals surface area (Å²) in [6, 6.07) is 13.2. The van der Waals surface area contributed by atoms with Crippen LogP contribution in [0.25, 0.3) is 10.8 Å². The first kappa shape index (κ1) is 14.0. The van der Waals surface area contributed by atoms with Crippen molar-refractivity contribution in [2.45, 2.75) is 19.4 Å². The average Bonchev–Trinajstić information content (AvgIpc) is 2.46. The third-order valence-electron chi connectivity index (χ3n) is 3.18. The molecule has 104 valence electrons. The van der Waals surface area contributed by atoms with Gasteiger partial charge in [-0.25, -0.2) is 5.43 Å². The van der Waals surface area contributed by atoms with Crippen molar-refractivity contribution in [1.82, 2.24) is 10.7 Å². The molecule has 20 heavy (non-hydrogen) atoms. The van der Waals surface area contributed by atoms with E-state index in [9.17, 15) is 9.59 Å². The molecule has 0 fully saturated rings. The minimum Gasteiger partial charge on any atom is -0.344 e. The molecule has 5 N–H and O–H groups in total. The molecule has 0 radical (unpaired) electrons. The zero-order valence-corrected chi connectivity index (χ0v) is 11.3. The highest BCUT2D eigenvalue weighted by Gasteiger charge is 2.16. The van der Waals surface area contributed by atoms with E-state index >= 15 is 0 Å². The van der Waals surface area contributed by atoms with Gasteiger partial charge in [0, 0.05) is 0 Å². The monoisotopic (exact) mass is 272 g/mol. The van der Waals surface area contributed by atoms with Crippen LogP contribution in [0.1, 0.15) is 12.5 Å². The molecule has 0 heterocycles. The van der Waals surface area contributed by atoms with Crippen molar-refractivity contribution < 1.29 is 15.4 Å². The van der Waals surface area contributed by atoms with E-state index in [0.29, 0.717) is 0 Å². The Balaban J connectivity index is 2.12. The van der Waals surface area contributed by atoms with Crippen LogP contribution in [0, 0.1) is 0 Å². The fourth-order valence-electron chi connectivity index (χ4n) is 2.13. The average molecular weight is 272 g/mol. The lowest BCUT2D eigenvalue weighted by Crippen LogP contribution is -2.70. The van der Waals surface area contributed by atoms with Crippen LogP contribution in [-0.4, -0.2) is 17.9 Å². The maximum absolute atomic E-state index is 12.0. The molecule has 5 heteroatoms. The van der Waals surface area contributed by atoms with Crippen molar-refractivity contribution in [2.75, 3.05) is 0 Å². The fraction of sp³-hybridized carbons (Fsp3) is 0.200. The van der Waals surface area contributed by atoms with Crippen LogP contribution < -0.4 is 16.6 Å². The summed E-state index contributed by atoms with van der Waals surface area (Å²) >= 11 is 0. The molecule has 0 saturated carbocycles. The second-order valence-corrected chi connectivity index (χ2v) is 4.65. The van der Waals surface area contributed by atoms with Crippen molar-refractivity contribution in [3.63, 3.8) is 0 Å². The van der Waals surface area contributed by atoms with Gasteiger partial charge in [-0.1, -0.05) is 42.5 Å². The van der Waals surface area contributed by atoms with E-state index in [4.69, 9.17) is 0 Å². The molecule has 0 aromatic heterocycles. The van der Waals surface area contributed by atoms with Gasteiger partial charge in [0.15, 0.2) is 0 Å². The van der Waals surface area contributed by atoms with Crippen LogP contribution >= 0.6 is 0 Å². The number of carbonyl (C=O) groups excluding carboxylic acids is 2. The highest BCUT2D eigenvalue weighted by molar-refractivity contribution is 5.92. The normalized spacial score (nSPS) is 11.9. The first-order valence-corrected chi connectivity index (χ1v) is 6.44.